The van der Waals surface area contributed by atoms with Gasteiger partial charge >= 0.3 is 5.97 Å². The summed E-state index contributed by atoms with van der Waals surface area (Å²) in [7, 11) is 0. The molecule has 1 aliphatic carbocycles. The first-order valence-electron chi connectivity index (χ1n) is 6.82. The van der Waals surface area contributed by atoms with E-state index >= 15 is 0 Å². The van der Waals surface area contributed by atoms with Crippen molar-refractivity contribution in [2.24, 2.45) is 11.3 Å². The highest BCUT2D eigenvalue weighted by atomic mass is 19.1. The van der Waals surface area contributed by atoms with Gasteiger partial charge in [-0.2, -0.15) is 0 Å². The van der Waals surface area contributed by atoms with E-state index < -0.39 is 11.8 Å². The highest BCUT2D eigenvalue weighted by Gasteiger charge is 2.59. The van der Waals surface area contributed by atoms with Crippen molar-refractivity contribution in [1.29, 1.82) is 0 Å². The molecule has 5 heteroatoms. The van der Waals surface area contributed by atoms with Crippen LogP contribution in [0.4, 0.5) is 10.1 Å². The third kappa shape index (κ3) is 1.88. The molecule has 1 aromatic rings. The van der Waals surface area contributed by atoms with E-state index in [9.17, 15) is 9.18 Å². The van der Waals surface area contributed by atoms with E-state index in [1.165, 1.54) is 12.1 Å². The number of carboxylic acid groups (broad SMARTS) is 1. The molecule has 1 saturated carbocycles. The van der Waals surface area contributed by atoms with Gasteiger partial charge in [-0.1, -0.05) is 13.8 Å². The molecule has 108 valence electrons. The van der Waals surface area contributed by atoms with E-state index in [1.54, 1.807) is 6.07 Å². The summed E-state index contributed by atoms with van der Waals surface area (Å²) in [5.74, 6) is -1.51. The summed E-state index contributed by atoms with van der Waals surface area (Å²) >= 11 is 0. The van der Waals surface area contributed by atoms with Gasteiger partial charge in [0.25, 0.3) is 0 Å². The zero-order chi connectivity index (χ0) is 14.5. The van der Waals surface area contributed by atoms with E-state index in [2.05, 4.69) is 19.2 Å². The Morgan fingerprint density at radius 3 is 2.95 bits per heavy atom. The summed E-state index contributed by atoms with van der Waals surface area (Å²) in [5, 5.41) is 12.3. The molecule has 1 saturated heterocycles. The van der Waals surface area contributed by atoms with Gasteiger partial charge in [0.15, 0.2) is 0 Å². The lowest BCUT2D eigenvalue weighted by atomic mass is 9.57. The lowest BCUT2D eigenvalue weighted by Gasteiger charge is -2.55. The molecular formula is C15H18FNO3. The average molecular weight is 279 g/mol. The van der Waals surface area contributed by atoms with Crippen molar-refractivity contribution < 1.29 is 19.0 Å². The molecule has 1 heterocycles. The van der Waals surface area contributed by atoms with Gasteiger partial charge < -0.3 is 15.2 Å². The van der Waals surface area contributed by atoms with Gasteiger partial charge in [-0.25, -0.2) is 9.18 Å². The Balaban J connectivity index is 1.82. The first-order valence-corrected chi connectivity index (χ1v) is 6.82. The maximum Gasteiger partial charge on any atom is 0.338 e. The van der Waals surface area contributed by atoms with Crippen molar-refractivity contribution in [3.8, 4) is 0 Å². The number of nitrogens with one attached hydrogen (secondary N) is 1. The number of anilines is 1. The number of rotatable bonds is 3. The van der Waals surface area contributed by atoms with Crippen LogP contribution in [-0.2, 0) is 4.74 Å². The van der Waals surface area contributed by atoms with Crippen LogP contribution >= 0.6 is 0 Å². The second kappa shape index (κ2) is 4.45. The fourth-order valence-electron chi connectivity index (χ4n) is 3.58. The van der Waals surface area contributed by atoms with Gasteiger partial charge in [0.2, 0.25) is 0 Å². The SMILES string of the molecule is CC1(C)C(Nc2ccc(F)c(C(=O)O)c2)C2CCOC21. The largest absolute Gasteiger partial charge is 0.478 e. The van der Waals surface area contributed by atoms with Gasteiger partial charge in [-0.15, -0.1) is 0 Å². The number of aromatic carboxylic acids is 1. The maximum atomic E-state index is 13.4. The summed E-state index contributed by atoms with van der Waals surface area (Å²) in [6.07, 6.45) is 1.28. The highest BCUT2D eigenvalue weighted by molar-refractivity contribution is 5.89. The van der Waals surface area contributed by atoms with Gasteiger partial charge in [-0.05, 0) is 24.6 Å². The van der Waals surface area contributed by atoms with Gasteiger partial charge in [0.05, 0.1) is 11.7 Å². The van der Waals surface area contributed by atoms with Crippen molar-refractivity contribution in [3.05, 3.63) is 29.6 Å². The van der Waals surface area contributed by atoms with Crippen molar-refractivity contribution in [2.45, 2.75) is 32.4 Å². The third-order valence-corrected chi connectivity index (χ3v) is 4.62. The molecular weight excluding hydrogens is 261 g/mol. The molecule has 4 nitrogen and oxygen atoms in total. The second-order valence-corrected chi connectivity index (χ2v) is 6.19. The Kier molecular flexibility index (Phi) is 2.97. The number of carboxylic acids is 1. The Morgan fingerprint density at radius 1 is 1.50 bits per heavy atom. The van der Waals surface area contributed by atoms with Crippen LogP contribution in [0.2, 0.25) is 0 Å². The Morgan fingerprint density at radius 2 is 2.25 bits per heavy atom. The number of halogens is 1. The Labute approximate surface area is 116 Å². The lowest BCUT2D eigenvalue weighted by Crippen LogP contribution is -2.63. The Hall–Kier alpha value is -1.62. The van der Waals surface area contributed by atoms with E-state index in [1.807, 2.05) is 0 Å². The molecule has 3 atom stereocenters. The minimum atomic E-state index is -1.25. The third-order valence-electron chi connectivity index (χ3n) is 4.62. The predicted molar refractivity (Wildman–Crippen MR) is 72.4 cm³/mol. The zero-order valence-corrected chi connectivity index (χ0v) is 11.5. The van der Waals surface area contributed by atoms with Gasteiger partial charge in [0, 0.05) is 29.7 Å². The first kappa shape index (κ1) is 13.4. The summed E-state index contributed by atoms with van der Waals surface area (Å²) in [6, 6.07) is 4.36. The van der Waals surface area contributed by atoms with Crippen LogP contribution in [0, 0.1) is 17.2 Å². The predicted octanol–water partition coefficient (Wildman–Crippen LogP) is 2.75. The summed E-state index contributed by atoms with van der Waals surface area (Å²) in [6.45, 7) is 5.05. The normalized spacial score (nSPS) is 30.4. The van der Waals surface area contributed by atoms with Crippen LogP contribution in [0.1, 0.15) is 30.6 Å². The smallest absolute Gasteiger partial charge is 0.338 e. The van der Waals surface area contributed by atoms with Crippen LogP contribution in [0.25, 0.3) is 0 Å². The molecule has 0 spiro atoms. The number of ether oxygens (including phenoxy) is 1. The number of hydrogen-bond donors (Lipinski definition) is 2. The molecule has 1 aromatic carbocycles. The number of fused-ring (bicyclic) bond motifs is 1. The molecule has 20 heavy (non-hydrogen) atoms. The molecule has 0 aromatic heterocycles. The number of hydrogen-bond acceptors (Lipinski definition) is 3. The van der Waals surface area contributed by atoms with Crippen LogP contribution in [0.5, 0.6) is 0 Å². The summed E-state index contributed by atoms with van der Waals surface area (Å²) in [4.78, 5) is 11.0. The van der Waals surface area contributed by atoms with Crippen LogP contribution in [-0.4, -0.2) is 29.8 Å². The number of benzene rings is 1. The van der Waals surface area contributed by atoms with Crippen molar-refractivity contribution in [3.63, 3.8) is 0 Å². The second-order valence-electron chi connectivity index (χ2n) is 6.19. The molecule has 0 bridgehead atoms. The quantitative estimate of drug-likeness (QED) is 0.893. The zero-order valence-electron chi connectivity index (χ0n) is 11.5. The van der Waals surface area contributed by atoms with Crippen molar-refractivity contribution in [1.82, 2.24) is 0 Å². The summed E-state index contributed by atoms with van der Waals surface area (Å²) < 4.78 is 19.1. The molecule has 1 aliphatic heterocycles. The monoisotopic (exact) mass is 279 g/mol. The van der Waals surface area contributed by atoms with Crippen LogP contribution in [0.3, 0.4) is 0 Å². The first-order chi connectivity index (χ1) is 9.41. The number of carbonyl (C=O) groups is 1. The lowest BCUT2D eigenvalue weighted by molar-refractivity contribution is -0.0923. The van der Waals surface area contributed by atoms with Gasteiger partial charge in [0.1, 0.15) is 5.82 Å². The van der Waals surface area contributed by atoms with E-state index in [-0.39, 0.29) is 23.1 Å². The fraction of sp³-hybridized carbons (Fsp3) is 0.533. The molecule has 2 aliphatic rings. The minimum absolute atomic E-state index is 0.00105. The van der Waals surface area contributed by atoms with Crippen LogP contribution < -0.4 is 5.32 Å². The molecule has 3 unspecified atom stereocenters. The maximum absolute atomic E-state index is 13.4. The molecule has 0 amide bonds. The topological polar surface area (TPSA) is 58.6 Å². The fourth-order valence-corrected chi connectivity index (χ4v) is 3.58. The molecule has 0 radical (unpaired) electrons. The standard InChI is InChI=1S/C15H18FNO3/c1-15(2)12(9-5-6-20-13(9)15)17-8-3-4-11(16)10(7-8)14(18)19/h3-4,7,9,12-13,17H,5-6H2,1-2H3,(H,18,19). The van der Waals surface area contributed by atoms with E-state index in [4.69, 9.17) is 9.84 Å². The van der Waals surface area contributed by atoms with Crippen LogP contribution in [0.15, 0.2) is 18.2 Å². The highest BCUT2D eigenvalue weighted by Crippen LogP contribution is 2.53. The minimum Gasteiger partial charge on any atom is -0.478 e. The molecule has 2 N–H and O–H groups in total. The van der Waals surface area contributed by atoms with Crippen molar-refractivity contribution >= 4 is 11.7 Å². The van der Waals surface area contributed by atoms with Gasteiger partial charge in [-0.3, -0.25) is 0 Å². The van der Waals surface area contributed by atoms with Crippen molar-refractivity contribution in [2.75, 3.05) is 11.9 Å². The Bertz CT molecular complexity index is 558. The van der Waals surface area contributed by atoms with E-state index in [0.717, 1.165) is 13.0 Å². The molecule has 3 rings (SSSR count). The molecule has 2 fully saturated rings. The summed E-state index contributed by atoms with van der Waals surface area (Å²) in [5.41, 5.74) is 0.345. The average Bonchev–Trinajstić information content (AvgIpc) is 2.84. The van der Waals surface area contributed by atoms with E-state index in [0.29, 0.717) is 11.6 Å².